The number of rotatable bonds is 13. The lowest BCUT2D eigenvalue weighted by Gasteiger charge is -2.08. The molecule has 11 heterocycles. The second kappa shape index (κ2) is 36.3. The van der Waals surface area contributed by atoms with Crippen molar-refractivity contribution in [3.05, 3.63) is 326 Å². The Labute approximate surface area is 703 Å². The summed E-state index contributed by atoms with van der Waals surface area (Å²) in [6, 6.07) is 62.2. The first kappa shape index (κ1) is 83.4. The van der Waals surface area contributed by atoms with Gasteiger partial charge in [-0.1, -0.05) is 144 Å². The molecule has 32 heteroatoms. The van der Waals surface area contributed by atoms with Gasteiger partial charge in [0.05, 0.1) is 25.1 Å². The highest BCUT2D eigenvalue weighted by molar-refractivity contribution is 14.1. The van der Waals surface area contributed by atoms with Crippen LogP contribution in [0.4, 0.5) is 0 Å². The summed E-state index contributed by atoms with van der Waals surface area (Å²) in [5.74, 6) is 0.341. The maximum absolute atomic E-state index is 13.5. The molecule has 0 saturated carbocycles. The van der Waals surface area contributed by atoms with Gasteiger partial charge in [0.1, 0.15) is 28.6 Å². The van der Waals surface area contributed by atoms with Gasteiger partial charge in [-0.15, -0.1) is 0 Å². The molecule has 0 unspecified atom stereocenters. The van der Waals surface area contributed by atoms with Gasteiger partial charge in [0.25, 0.3) is 30.1 Å². The minimum absolute atomic E-state index is 0.0782. The van der Waals surface area contributed by atoms with E-state index in [4.69, 9.17) is 36.8 Å². The van der Waals surface area contributed by atoms with E-state index in [1.807, 2.05) is 80.2 Å². The van der Waals surface area contributed by atoms with Crippen LogP contribution < -0.4 is 10.9 Å². The van der Waals surface area contributed by atoms with Crippen LogP contribution in [0, 0.1) is 24.3 Å². The van der Waals surface area contributed by atoms with E-state index in [0.29, 0.717) is 65.8 Å². The number of aromatic nitrogens is 8. The van der Waals surface area contributed by atoms with Crippen molar-refractivity contribution in [2.45, 2.75) is 35.5 Å². The minimum Gasteiger partial charge on any atom is -0.508 e. The largest absolute Gasteiger partial charge is 0.508 e. The van der Waals surface area contributed by atoms with Crippen molar-refractivity contribution in [2.24, 2.45) is 0 Å². The van der Waals surface area contributed by atoms with Gasteiger partial charge in [-0.3, -0.25) is 0 Å². The molecule has 0 atom stereocenters. The van der Waals surface area contributed by atoms with Crippen LogP contribution in [0.15, 0.2) is 315 Å². The number of hydrogen-bond acceptors (Lipinski definition) is 21. The molecule has 0 aliphatic carbocycles. The quantitative estimate of drug-likeness (QED) is 0.0382. The molecule has 9 N–H and O–H groups in total. The number of fused-ring (bicyclic) bond motifs is 4. The van der Waals surface area contributed by atoms with Crippen molar-refractivity contribution in [1.82, 2.24) is 36.8 Å². The van der Waals surface area contributed by atoms with Crippen LogP contribution in [0.2, 0.25) is 5.02 Å². The molecule has 0 bridgehead atoms. The van der Waals surface area contributed by atoms with Gasteiger partial charge < -0.3 is 45.5 Å². The van der Waals surface area contributed by atoms with E-state index in [1.54, 1.807) is 222 Å². The van der Waals surface area contributed by atoms with Crippen LogP contribution in [-0.2, 0) is 30.1 Å². The van der Waals surface area contributed by atoms with Crippen LogP contribution in [-0.4, -0.2) is 117 Å². The summed E-state index contributed by atoms with van der Waals surface area (Å²) in [4.78, 5) is 21.1. The average molecular weight is 1800 g/mol. The molecule has 0 amide bonds. The SMILES string of the molecule is Cc1ccc(S(=O)(=O)n2cc(-c3ccccc3O)c3c(-c4ccsc4)ccnc32)cc1.Cc1ccc(S(=O)(=O)n2cc(-c3ccccc3O)c3cccnc32)cc1.Cc1ccc(S(=O)(=O)n2cc(I)c3c(Cl)ccnc32)cc1.OB(O)c1ccccc1O.OB(O)c1ccsc1.Oc1ccccc1-c1c[nH]c2nccc(-c3ccsc3)c12. The second-order valence-electron chi connectivity index (χ2n) is 26.1. The third-order valence-corrected chi connectivity index (χ3v) is 26.5. The Hall–Kier alpha value is -11.6. The summed E-state index contributed by atoms with van der Waals surface area (Å²) < 4.78 is 83.2. The van der Waals surface area contributed by atoms with Gasteiger partial charge in [-0.25, -0.2) is 57.1 Å². The zero-order valence-corrected chi connectivity index (χ0v) is 69.7. The third kappa shape index (κ3) is 18.2. The first-order chi connectivity index (χ1) is 56.2. The first-order valence-electron chi connectivity index (χ1n) is 35.3. The number of aromatic amines is 1. The van der Waals surface area contributed by atoms with Crippen molar-refractivity contribution >= 4 is 168 Å². The highest BCUT2D eigenvalue weighted by Crippen LogP contribution is 2.44. The number of phenols is 4. The van der Waals surface area contributed by atoms with E-state index in [0.717, 1.165) is 59.1 Å². The molecular formula is C85H68B2ClIN8O14S6. The fourth-order valence-electron chi connectivity index (χ4n) is 12.5. The molecule has 0 aliphatic heterocycles. The van der Waals surface area contributed by atoms with Crippen molar-refractivity contribution in [3.63, 3.8) is 0 Å². The maximum atomic E-state index is 13.5. The number of aromatic hydroxyl groups is 4. The lowest BCUT2D eigenvalue weighted by molar-refractivity contribution is 0.419. The fraction of sp³-hybridized carbons (Fsp3) is 0.0353. The van der Waals surface area contributed by atoms with Crippen LogP contribution in [0.3, 0.4) is 0 Å². The highest BCUT2D eigenvalue weighted by Gasteiger charge is 2.29. The predicted molar refractivity (Wildman–Crippen MR) is 474 cm³/mol. The Morgan fingerprint density at radius 1 is 0.385 bits per heavy atom. The van der Waals surface area contributed by atoms with E-state index < -0.39 is 44.3 Å². The molecule has 117 heavy (non-hydrogen) atoms. The smallest absolute Gasteiger partial charge is 0.492 e. The van der Waals surface area contributed by atoms with Gasteiger partial charge in [-0.05, 0) is 206 Å². The van der Waals surface area contributed by atoms with E-state index in [9.17, 15) is 40.6 Å². The minimum atomic E-state index is -3.89. The number of nitrogens with one attached hydrogen (secondary N) is 1. The number of phenolic OH excluding ortho intramolecular Hbond substituents is 4. The second-order valence-corrected chi connectivity index (χ2v) is 35.4. The van der Waals surface area contributed by atoms with Gasteiger partial charge in [0.2, 0.25) is 0 Å². The lowest BCUT2D eigenvalue weighted by Crippen LogP contribution is -2.29. The summed E-state index contributed by atoms with van der Waals surface area (Å²) in [6.07, 6.45) is 13.0. The fourth-order valence-corrected chi connectivity index (χ4v) is 19.8. The number of aryl methyl sites for hydroxylation is 3. The van der Waals surface area contributed by atoms with Gasteiger partial charge >= 0.3 is 14.2 Å². The van der Waals surface area contributed by atoms with Crippen molar-refractivity contribution < 1.29 is 65.8 Å². The lowest BCUT2D eigenvalue weighted by atomic mass is 9.80. The molecule has 18 aromatic rings. The maximum Gasteiger partial charge on any atom is 0.492 e. The molecule has 0 saturated heterocycles. The summed E-state index contributed by atoms with van der Waals surface area (Å²) in [5.41, 5.74) is 13.7. The predicted octanol–water partition coefficient (Wildman–Crippen LogP) is 16.6. The number of para-hydroxylation sites is 4. The summed E-state index contributed by atoms with van der Waals surface area (Å²) >= 11 is 12.9. The van der Waals surface area contributed by atoms with Gasteiger partial charge in [0, 0.05) is 108 Å². The Bertz CT molecular complexity index is 6900. The van der Waals surface area contributed by atoms with E-state index in [2.05, 4.69) is 64.3 Å². The number of benzene rings is 7. The zero-order chi connectivity index (χ0) is 82.9. The standard InChI is InChI=1S/C24H18N2O3S2.C20H16N2O3S.C17H12N2OS.C14H10ClIN2O2S.C6H7BO3.C4H5BO2S/c1-16-6-8-18(9-7-16)31(28,29)26-14-21(20-4-2-3-5-22(20)27)23-19(10-12-25-24(23)26)17-11-13-30-15-17;1-14-8-10-15(11-9-14)26(24,25)22-13-18(16-5-2-3-7-19(16)23)17-6-4-12-21-20(17)22;20-15-4-2-1-3-13(15)14-9-19-17-16(14)12(5-7-18-17)11-6-8-21-10-11;1-9-2-4-10(5-3-9)21(19,20)18-8-12(16)13-11(15)6-7-17-14(13)18;8-6-4-2-1-3-5(6)7(9)10;6-5(7)4-1-2-8-3-4/h2-15,27H,1H3;2-13,23H,1H3;1-10,20H,(H,18,19);2-8H,1H3;1-4,8-10H;1-3,6-7H. The Balaban J connectivity index is 0.000000127. The number of nitrogens with zero attached hydrogens (tertiary/aromatic N) is 7. The molecule has 0 radical (unpaired) electrons. The topological polar surface area (TPSA) is 346 Å². The monoisotopic (exact) mass is 1800 g/mol. The zero-order valence-electron chi connectivity index (χ0n) is 61.9. The Kier molecular flexibility index (Phi) is 25.9. The molecule has 0 spiro atoms. The third-order valence-electron chi connectivity index (χ3n) is 18.4. The van der Waals surface area contributed by atoms with Crippen LogP contribution in [0.5, 0.6) is 23.0 Å². The van der Waals surface area contributed by atoms with Crippen LogP contribution in [0.1, 0.15) is 16.7 Å². The van der Waals surface area contributed by atoms with Gasteiger partial charge in [-0.2, -0.15) is 34.0 Å². The van der Waals surface area contributed by atoms with Crippen LogP contribution in [0.25, 0.3) is 99.8 Å². The molecule has 0 fully saturated rings. The number of thiophene rings is 3. The van der Waals surface area contributed by atoms with E-state index in [-0.39, 0.29) is 43.1 Å². The van der Waals surface area contributed by atoms with Crippen LogP contribution >= 0.6 is 68.2 Å². The normalized spacial score (nSPS) is 11.3. The summed E-state index contributed by atoms with van der Waals surface area (Å²) in [6.45, 7) is 5.72. The van der Waals surface area contributed by atoms with E-state index in [1.165, 1.54) is 53.3 Å². The average Bonchev–Trinajstić information content (AvgIpc) is 1.59. The molecule has 7 aromatic carbocycles. The Morgan fingerprint density at radius 2 is 0.803 bits per heavy atom. The number of halogens is 2. The van der Waals surface area contributed by atoms with Crippen molar-refractivity contribution in [2.75, 3.05) is 0 Å². The molecule has 22 nitrogen and oxygen atoms in total. The van der Waals surface area contributed by atoms with E-state index >= 15 is 0 Å². The molecule has 11 aromatic heterocycles. The Morgan fingerprint density at radius 3 is 1.26 bits per heavy atom. The molecular weight excluding hydrogens is 1730 g/mol. The number of H-pyrrole nitrogens is 1. The number of hydrogen-bond donors (Lipinski definition) is 9. The summed E-state index contributed by atoms with van der Waals surface area (Å²) in [7, 11) is -14.3. The number of pyridine rings is 4. The van der Waals surface area contributed by atoms with Crippen molar-refractivity contribution in [1.29, 1.82) is 0 Å². The first-order valence-corrected chi connectivity index (χ1v) is 44.0. The van der Waals surface area contributed by atoms with Gasteiger partial charge in [0.15, 0.2) is 16.9 Å². The molecule has 588 valence electrons. The highest BCUT2D eigenvalue weighted by atomic mass is 127. The van der Waals surface area contributed by atoms with Crippen molar-refractivity contribution in [3.8, 4) is 78.6 Å². The molecule has 18 rings (SSSR count). The summed E-state index contributed by atoms with van der Waals surface area (Å²) in [5, 5.41) is 89.2. The molecule has 0 aliphatic rings.